The van der Waals surface area contributed by atoms with E-state index in [1.807, 2.05) is 0 Å². The smallest absolute Gasteiger partial charge is 0.0126 e. The van der Waals surface area contributed by atoms with Crippen LogP contribution in [0.15, 0.2) is 0 Å². The quantitative estimate of drug-likeness (QED) is 0.806. The average molecular weight is 252 g/mol. The van der Waals surface area contributed by atoms with Gasteiger partial charge >= 0.3 is 0 Å². The molecule has 2 nitrogen and oxygen atoms in total. The van der Waals surface area contributed by atoms with Crippen LogP contribution in [-0.4, -0.2) is 36.6 Å². The summed E-state index contributed by atoms with van der Waals surface area (Å²) in [5.74, 6) is 0.972. The van der Waals surface area contributed by atoms with E-state index in [9.17, 15) is 0 Å². The zero-order valence-electron chi connectivity index (χ0n) is 12.5. The van der Waals surface area contributed by atoms with Crippen LogP contribution in [0.25, 0.3) is 0 Å². The Morgan fingerprint density at radius 1 is 1.00 bits per heavy atom. The molecule has 2 unspecified atom stereocenters. The largest absolute Gasteiger partial charge is 0.317 e. The molecule has 0 bridgehead atoms. The molecule has 1 saturated heterocycles. The van der Waals surface area contributed by atoms with E-state index in [1.165, 1.54) is 71.0 Å². The van der Waals surface area contributed by atoms with E-state index >= 15 is 0 Å². The van der Waals surface area contributed by atoms with Gasteiger partial charge in [0, 0.05) is 12.1 Å². The first-order valence-corrected chi connectivity index (χ1v) is 8.33. The number of nitrogens with one attached hydrogen (secondary N) is 1. The Balaban J connectivity index is 2.01. The van der Waals surface area contributed by atoms with E-state index in [1.54, 1.807) is 0 Å². The van der Waals surface area contributed by atoms with Crippen LogP contribution < -0.4 is 5.32 Å². The van der Waals surface area contributed by atoms with Crippen LogP contribution in [0.5, 0.6) is 0 Å². The third-order valence-corrected chi connectivity index (χ3v) is 5.08. The number of hydrogen-bond acceptors (Lipinski definition) is 2. The molecule has 2 fully saturated rings. The Kier molecular flexibility index (Phi) is 5.97. The highest BCUT2D eigenvalue weighted by Crippen LogP contribution is 2.33. The van der Waals surface area contributed by atoms with Gasteiger partial charge in [-0.3, -0.25) is 4.90 Å². The van der Waals surface area contributed by atoms with Gasteiger partial charge in [0.05, 0.1) is 0 Å². The van der Waals surface area contributed by atoms with Crippen LogP contribution in [0.1, 0.15) is 65.2 Å². The zero-order valence-corrected chi connectivity index (χ0v) is 12.5. The molecular formula is C16H32N2. The first-order chi connectivity index (χ1) is 8.86. The molecule has 2 rings (SSSR count). The van der Waals surface area contributed by atoms with E-state index in [2.05, 4.69) is 24.1 Å². The van der Waals surface area contributed by atoms with Crippen molar-refractivity contribution in [3.63, 3.8) is 0 Å². The van der Waals surface area contributed by atoms with Crippen LogP contribution >= 0.6 is 0 Å². The third kappa shape index (κ3) is 3.48. The lowest BCUT2D eigenvalue weighted by molar-refractivity contribution is 0.0474. The maximum absolute atomic E-state index is 3.51. The van der Waals surface area contributed by atoms with Crippen molar-refractivity contribution in [1.29, 1.82) is 0 Å². The molecular weight excluding hydrogens is 220 g/mol. The zero-order chi connectivity index (χ0) is 12.8. The van der Waals surface area contributed by atoms with Crippen molar-refractivity contribution in [1.82, 2.24) is 10.2 Å². The third-order valence-electron chi connectivity index (χ3n) is 5.08. The first-order valence-electron chi connectivity index (χ1n) is 8.33. The van der Waals surface area contributed by atoms with Crippen molar-refractivity contribution in [3.8, 4) is 0 Å². The van der Waals surface area contributed by atoms with Gasteiger partial charge in [-0.1, -0.05) is 33.1 Å². The second-order valence-electron chi connectivity index (χ2n) is 6.24. The van der Waals surface area contributed by atoms with Crippen molar-refractivity contribution in [2.24, 2.45) is 5.92 Å². The average Bonchev–Trinajstić information content (AvgIpc) is 2.46. The van der Waals surface area contributed by atoms with Crippen molar-refractivity contribution >= 4 is 0 Å². The summed E-state index contributed by atoms with van der Waals surface area (Å²) in [6.07, 6.45) is 11.3. The lowest BCUT2D eigenvalue weighted by atomic mass is 9.80. The van der Waals surface area contributed by atoms with Crippen LogP contribution in [0, 0.1) is 5.92 Å². The second kappa shape index (κ2) is 7.49. The Bertz CT molecular complexity index is 223. The Hall–Kier alpha value is -0.0800. The summed E-state index contributed by atoms with van der Waals surface area (Å²) in [7, 11) is 0. The molecule has 2 atom stereocenters. The van der Waals surface area contributed by atoms with Gasteiger partial charge in [-0.05, 0) is 57.7 Å². The van der Waals surface area contributed by atoms with Gasteiger partial charge in [-0.15, -0.1) is 0 Å². The normalized spacial score (nSPS) is 30.8. The standard InChI is InChI=1S/C16H32N2/c1-3-13-18(15-9-11-17-12-10-15)16-8-6-5-7-14(16)4-2/h14-17H,3-13H2,1-2H3. The summed E-state index contributed by atoms with van der Waals surface area (Å²) in [4.78, 5) is 2.91. The van der Waals surface area contributed by atoms with Crippen molar-refractivity contribution in [2.45, 2.75) is 77.3 Å². The van der Waals surface area contributed by atoms with E-state index in [-0.39, 0.29) is 0 Å². The molecule has 0 aromatic carbocycles. The number of hydrogen-bond donors (Lipinski definition) is 1. The lowest BCUT2D eigenvalue weighted by Gasteiger charge is -2.45. The number of rotatable bonds is 5. The summed E-state index contributed by atoms with van der Waals surface area (Å²) in [6, 6.07) is 1.76. The molecule has 1 saturated carbocycles. The topological polar surface area (TPSA) is 15.3 Å². The van der Waals surface area contributed by atoms with Gasteiger partial charge in [0.1, 0.15) is 0 Å². The molecule has 1 aliphatic carbocycles. The fourth-order valence-corrected chi connectivity index (χ4v) is 4.12. The highest BCUT2D eigenvalue weighted by atomic mass is 15.2. The SMILES string of the molecule is CCCN(C1CCNCC1)C1CCCCC1CC. The minimum absolute atomic E-state index is 0.864. The molecule has 0 amide bonds. The van der Waals surface area contributed by atoms with Gasteiger partial charge in [0.25, 0.3) is 0 Å². The van der Waals surface area contributed by atoms with Crippen LogP contribution in [0.3, 0.4) is 0 Å². The van der Waals surface area contributed by atoms with Crippen LogP contribution in [-0.2, 0) is 0 Å². The minimum Gasteiger partial charge on any atom is -0.317 e. The Labute approximate surface area is 114 Å². The van der Waals surface area contributed by atoms with Gasteiger partial charge in [-0.2, -0.15) is 0 Å². The van der Waals surface area contributed by atoms with E-state index < -0.39 is 0 Å². The molecule has 2 aliphatic rings. The van der Waals surface area contributed by atoms with Gasteiger partial charge in [-0.25, -0.2) is 0 Å². The summed E-state index contributed by atoms with van der Waals surface area (Å²) in [5.41, 5.74) is 0. The molecule has 18 heavy (non-hydrogen) atoms. The molecule has 2 heteroatoms. The van der Waals surface area contributed by atoms with E-state index in [0.717, 1.165) is 18.0 Å². The molecule has 0 radical (unpaired) electrons. The Morgan fingerprint density at radius 3 is 2.39 bits per heavy atom. The van der Waals surface area contributed by atoms with Crippen LogP contribution in [0.4, 0.5) is 0 Å². The highest BCUT2D eigenvalue weighted by molar-refractivity contribution is 4.88. The van der Waals surface area contributed by atoms with E-state index in [4.69, 9.17) is 0 Å². The molecule has 1 N–H and O–H groups in total. The fraction of sp³-hybridized carbons (Fsp3) is 1.00. The predicted octanol–water partition coefficient (Wildman–Crippen LogP) is 3.42. The summed E-state index contributed by atoms with van der Waals surface area (Å²) >= 11 is 0. The highest BCUT2D eigenvalue weighted by Gasteiger charge is 2.32. The summed E-state index contributed by atoms with van der Waals surface area (Å²) in [5, 5.41) is 3.51. The van der Waals surface area contributed by atoms with Crippen molar-refractivity contribution in [2.75, 3.05) is 19.6 Å². The van der Waals surface area contributed by atoms with Crippen molar-refractivity contribution in [3.05, 3.63) is 0 Å². The monoisotopic (exact) mass is 252 g/mol. The number of nitrogens with zero attached hydrogens (tertiary/aromatic N) is 1. The minimum atomic E-state index is 0.864. The van der Waals surface area contributed by atoms with Crippen LogP contribution in [0.2, 0.25) is 0 Å². The fourth-order valence-electron chi connectivity index (χ4n) is 4.12. The molecule has 0 aromatic rings. The van der Waals surface area contributed by atoms with Crippen molar-refractivity contribution < 1.29 is 0 Å². The Morgan fingerprint density at radius 2 is 1.72 bits per heavy atom. The number of piperidine rings is 1. The predicted molar refractivity (Wildman–Crippen MR) is 78.9 cm³/mol. The van der Waals surface area contributed by atoms with Gasteiger partial charge in [0.2, 0.25) is 0 Å². The van der Waals surface area contributed by atoms with Gasteiger partial charge < -0.3 is 5.32 Å². The maximum atomic E-state index is 3.51. The molecule has 0 aromatic heterocycles. The molecule has 1 aliphatic heterocycles. The maximum Gasteiger partial charge on any atom is 0.0126 e. The summed E-state index contributed by atoms with van der Waals surface area (Å²) in [6.45, 7) is 8.53. The summed E-state index contributed by atoms with van der Waals surface area (Å²) < 4.78 is 0. The van der Waals surface area contributed by atoms with Gasteiger partial charge in [0.15, 0.2) is 0 Å². The lowest BCUT2D eigenvalue weighted by Crippen LogP contribution is -2.51. The molecule has 106 valence electrons. The van der Waals surface area contributed by atoms with E-state index in [0.29, 0.717) is 0 Å². The first kappa shape index (κ1) is 14.3. The molecule has 0 spiro atoms. The molecule has 1 heterocycles. The second-order valence-corrected chi connectivity index (χ2v) is 6.24.